The van der Waals surface area contributed by atoms with Crippen molar-refractivity contribution >= 4 is 18.3 Å². The summed E-state index contributed by atoms with van der Waals surface area (Å²) in [6, 6.07) is 4.91. The molecule has 0 spiro atoms. The third-order valence-corrected chi connectivity index (χ3v) is 3.21. The van der Waals surface area contributed by atoms with Crippen LogP contribution in [0.1, 0.15) is 24.1 Å². The van der Waals surface area contributed by atoms with Crippen LogP contribution in [-0.2, 0) is 4.79 Å². The van der Waals surface area contributed by atoms with E-state index in [1.165, 1.54) is 6.07 Å². The molecule has 0 aliphatic carbocycles. The van der Waals surface area contributed by atoms with E-state index < -0.39 is 0 Å². The molecule has 1 unspecified atom stereocenters. The summed E-state index contributed by atoms with van der Waals surface area (Å²) in [4.78, 5) is 11.7. The summed E-state index contributed by atoms with van der Waals surface area (Å²) in [5, 5.41) is 5.95. The van der Waals surface area contributed by atoms with Gasteiger partial charge in [-0.3, -0.25) is 4.79 Å². The second-order valence-corrected chi connectivity index (χ2v) is 4.59. The molecule has 1 aromatic carbocycles. The fourth-order valence-corrected chi connectivity index (χ4v) is 1.77. The molecule has 5 heteroatoms. The number of aryl methyl sites for hydroxylation is 1. The Hall–Kier alpha value is -1.13. The van der Waals surface area contributed by atoms with Crippen LogP contribution in [0.5, 0.6) is 0 Å². The standard InChI is InChI=1S/C13H17FN2O.ClH/c1-8-3-4-10(5-12(8)14)9(2)16-13(17)11-6-15-7-11;/h3-5,9,11,15H,6-7H2,1-2H3,(H,16,17);1H. The van der Waals surface area contributed by atoms with Gasteiger partial charge in [0.25, 0.3) is 0 Å². The summed E-state index contributed by atoms with van der Waals surface area (Å²) in [6.45, 7) is 5.07. The Bertz CT molecular complexity index is 435. The Labute approximate surface area is 113 Å². The number of rotatable bonds is 3. The quantitative estimate of drug-likeness (QED) is 0.883. The molecule has 0 radical (unpaired) electrons. The van der Waals surface area contributed by atoms with Crippen molar-refractivity contribution in [2.45, 2.75) is 19.9 Å². The first kappa shape index (κ1) is 14.9. The van der Waals surface area contributed by atoms with E-state index in [1.807, 2.05) is 13.0 Å². The second kappa shape index (κ2) is 6.16. The van der Waals surface area contributed by atoms with E-state index in [0.717, 1.165) is 18.7 Å². The van der Waals surface area contributed by atoms with Crippen LogP contribution in [0.2, 0.25) is 0 Å². The molecular formula is C13H18ClFN2O. The van der Waals surface area contributed by atoms with Gasteiger partial charge in [0, 0.05) is 13.1 Å². The second-order valence-electron chi connectivity index (χ2n) is 4.59. The normalized spacial score (nSPS) is 16.4. The lowest BCUT2D eigenvalue weighted by Gasteiger charge is -2.27. The van der Waals surface area contributed by atoms with Crippen molar-refractivity contribution in [3.8, 4) is 0 Å². The summed E-state index contributed by atoms with van der Waals surface area (Å²) in [5.74, 6) is -0.126. The summed E-state index contributed by atoms with van der Waals surface area (Å²) >= 11 is 0. The first-order chi connectivity index (χ1) is 8.08. The van der Waals surface area contributed by atoms with Crippen molar-refractivity contribution in [2.24, 2.45) is 5.92 Å². The van der Waals surface area contributed by atoms with Crippen LogP contribution in [-0.4, -0.2) is 19.0 Å². The van der Waals surface area contributed by atoms with Crippen molar-refractivity contribution in [3.63, 3.8) is 0 Å². The van der Waals surface area contributed by atoms with Gasteiger partial charge in [-0.05, 0) is 31.0 Å². The molecule has 100 valence electrons. The lowest BCUT2D eigenvalue weighted by molar-refractivity contribution is -0.127. The van der Waals surface area contributed by atoms with Gasteiger partial charge in [-0.2, -0.15) is 0 Å². The molecule has 1 aliphatic rings. The summed E-state index contributed by atoms with van der Waals surface area (Å²) in [5.41, 5.74) is 1.42. The van der Waals surface area contributed by atoms with Crippen molar-refractivity contribution in [3.05, 3.63) is 35.1 Å². The highest BCUT2D eigenvalue weighted by atomic mass is 35.5. The van der Waals surface area contributed by atoms with Gasteiger partial charge in [-0.15, -0.1) is 12.4 Å². The van der Waals surface area contributed by atoms with Crippen molar-refractivity contribution in [1.82, 2.24) is 10.6 Å². The van der Waals surface area contributed by atoms with Crippen LogP contribution < -0.4 is 10.6 Å². The number of carbonyl (C=O) groups is 1. The lowest BCUT2D eigenvalue weighted by atomic mass is 10.0. The molecular weight excluding hydrogens is 255 g/mol. The SMILES string of the molecule is Cc1ccc(C(C)NC(=O)C2CNC2)cc1F.Cl. The zero-order valence-corrected chi connectivity index (χ0v) is 11.3. The summed E-state index contributed by atoms with van der Waals surface area (Å²) < 4.78 is 13.4. The highest BCUT2D eigenvalue weighted by Crippen LogP contribution is 2.17. The molecule has 1 aromatic rings. The van der Waals surface area contributed by atoms with E-state index in [9.17, 15) is 9.18 Å². The minimum Gasteiger partial charge on any atom is -0.349 e. The van der Waals surface area contributed by atoms with E-state index in [2.05, 4.69) is 10.6 Å². The fourth-order valence-electron chi connectivity index (χ4n) is 1.77. The Morgan fingerprint density at radius 1 is 1.50 bits per heavy atom. The Morgan fingerprint density at radius 2 is 2.17 bits per heavy atom. The predicted octanol–water partition coefficient (Wildman–Crippen LogP) is 1.95. The zero-order chi connectivity index (χ0) is 12.4. The molecule has 1 amide bonds. The zero-order valence-electron chi connectivity index (χ0n) is 10.5. The van der Waals surface area contributed by atoms with Gasteiger partial charge in [0.1, 0.15) is 5.82 Å². The van der Waals surface area contributed by atoms with E-state index in [0.29, 0.717) is 5.56 Å². The molecule has 1 heterocycles. The van der Waals surface area contributed by atoms with Gasteiger partial charge in [-0.1, -0.05) is 12.1 Å². The number of hydrogen-bond acceptors (Lipinski definition) is 2. The Kier molecular flexibility index (Phi) is 5.11. The maximum Gasteiger partial charge on any atom is 0.226 e. The van der Waals surface area contributed by atoms with E-state index in [-0.39, 0.29) is 36.1 Å². The molecule has 0 saturated carbocycles. The van der Waals surface area contributed by atoms with Gasteiger partial charge in [0.15, 0.2) is 0 Å². The third-order valence-electron chi connectivity index (χ3n) is 3.21. The molecule has 0 aromatic heterocycles. The van der Waals surface area contributed by atoms with Crippen LogP contribution in [0.25, 0.3) is 0 Å². The molecule has 2 rings (SSSR count). The van der Waals surface area contributed by atoms with Gasteiger partial charge in [0.2, 0.25) is 5.91 Å². The van der Waals surface area contributed by atoms with E-state index >= 15 is 0 Å². The largest absolute Gasteiger partial charge is 0.349 e. The smallest absolute Gasteiger partial charge is 0.226 e. The van der Waals surface area contributed by atoms with Crippen LogP contribution in [0, 0.1) is 18.7 Å². The highest BCUT2D eigenvalue weighted by molar-refractivity contribution is 5.85. The average molecular weight is 273 g/mol. The number of benzene rings is 1. The Morgan fingerprint density at radius 3 is 2.67 bits per heavy atom. The molecule has 1 fully saturated rings. The first-order valence-electron chi connectivity index (χ1n) is 5.85. The van der Waals surface area contributed by atoms with Gasteiger partial charge >= 0.3 is 0 Å². The van der Waals surface area contributed by atoms with E-state index in [4.69, 9.17) is 0 Å². The van der Waals surface area contributed by atoms with Crippen molar-refractivity contribution < 1.29 is 9.18 Å². The molecule has 18 heavy (non-hydrogen) atoms. The average Bonchev–Trinajstić information content (AvgIpc) is 2.19. The fraction of sp³-hybridized carbons (Fsp3) is 0.462. The maximum absolute atomic E-state index is 13.4. The molecule has 1 atom stereocenters. The molecule has 1 aliphatic heterocycles. The van der Waals surface area contributed by atoms with Gasteiger partial charge in [-0.25, -0.2) is 4.39 Å². The lowest BCUT2D eigenvalue weighted by Crippen LogP contribution is -2.51. The summed E-state index contributed by atoms with van der Waals surface area (Å²) in [7, 11) is 0. The molecule has 1 saturated heterocycles. The maximum atomic E-state index is 13.4. The van der Waals surface area contributed by atoms with Crippen LogP contribution in [0.4, 0.5) is 4.39 Å². The number of nitrogens with one attached hydrogen (secondary N) is 2. The molecule has 3 nitrogen and oxygen atoms in total. The van der Waals surface area contributed by atoms with Crippen LogP contribution >= 0.6 is 12.4 Å². The minimum atomic E-state index is -0.228. The van der Waals surface area contributed by atoms with Gasteiger partial charge < -0.3 is 10.6 Å². The number of hydrogen-bond donors (Lipinski definition) is 2. The van der Waals surface area contributed by atoms with Crippen LogP contribution in [0.15, 0.2) is 18.2 Å². The summed E-state index contributed by atoms with van der Waals surface area (Å²) in [6.07, 6.45) is 0. The number of halogens is 2. The van der Waals surface area contributed by atoms with Crippen molar-refractivity contribution in [1.29, 1.82) is 0 Å². The number of carbonyl (C=O) groups excluding carboxylic acids is 1. The highest BCUT2D eigenvalue weighted by Gasteiger charge is 2.25. The number of amides is 1. The Balaban J connectivity index is 0.00000162. The molecule has 2 N–H and O–H groups in total. The topological polar surface area (TPSA) is 41.1 Å². The first-order valence-corrected chi connectivity index (χ1v) is 5.85. The monoisotopic (exact) mass is 272 g/mol. The predicted molar refractivity (Wildman–Crippen MR) is 71.3 cm³/mol. The van der Waals surface area contributed by atoms with Crippen molar-refractivity contribution in [2.75, 3.05) is 13.1 Å². The van der Waals surface area contributed by atoms with Gasteiger partial charge in [0.05, 0.1) is 12.0 Å². The van der Waals surface area contributed by atoms with E-state index in [1.54, 1.807) is 13.0 Å². The van der Waals surface area contributed by atoms with Crippen LogP contribution in [0.3, 0.4) is 0 Å². The molecule has 0 bridgehead atoms. The third kappa shape index (κ3) is 3.21. The minimum absolute atomic E-state index is 0.